The third kappa shape index (κ3) is 2.58. The van der Waals surface area contributed by atoms with Crippen LogP contribution in [0.25, 0.3) is 5.78 Å². The van der Waals surface area contributed by atoms with Crippen molar-refractivity contribution in [3.8, 4) is 0 Å². The van der Waals surface area contributed by atoms with Crippen LogP contribution in [0.2, 0.25) is 0 Å². The van der Waals surface area contributed by atoms with Gasteiger partial charge in [0.25, 0.3) is 11.7 Å². The summed E-state index contributed by atoms with van der Waals surface area (Å²) in [6.07, 6.45) is 3.33. The lowest BCUT2D eigenvalue weighted by molar-refractivity contribution is 0.0929. The number of rotatable bonds is 3. The van der Waals surface area contributed by atoms with Crippen molar-refractivity contribution >= 4 is 11.7 Å². The number of aromatic nitrogens is 5. The maximum absolute atomic E-state index is 12.2. The van der Waals surface area contributed by atoms with Gasteiger partial charge in [0.1, 0.15) is 0 Å². The highest BCUT2D eigenvalue weighted by Crippen LogP contribution is 2.09. The lowest BCUT2D eigenvalue weighted by Crippen LogP contribution is -2.28. The summed E-state index contributed by atoms with van der Waals surface area (Å²) in [6.45, 7) is 3.74. The van der Waals surface area contributed by atoms with E-state index in [1.807, 2.05) is 32.0 Å². The molecule has 106 valence electrons. The Hall–Kier alpha value is -2.83. The summed E-state index contributed by atoms with van der Waals surface area (Å²) in [4.78, 5) is 24.6. The van der Waals surface area contributed by atoms with Crippen LogP contribution in [-0.2, 0) is 0 Å². The number of pyridine rings is 1. The smallest absolute Gasteiger partial charge is 0.291 e. The topological polar surface area (TPSA) is 85.1 Å². The Balaban J connectivity index is 1.82. The fourth-order valence-corrected chi connectivity index (χ4v) is 1.97. The molecule has 0 spiro atoms. The minimum atomic E-state index is -0.349. The molecule has 3 aromatic rings. The highest BCUT2D eigenvalue weighted by molar-refractivity contribution is 5.91. The predicted molar refractivity (Wildman–Crippen MR) is 75.6 cm³/mol. The van der Waals surface area contributed by atoms with E-state index in [9.17, 15) is 4.79 Å². The summed E-state index contributed by atoms with van der Waals surface area (Å²) in [7, 11) is 0. The van der Waals surface area contributed by atoms with Crippen LogP contribution < -0.4 is 5.32 Å². The second-order valence-corrected chi connectivity index (χ2v) is 4.68. The molecule has 0 aliphatic carbocycles. The molecule has 0 aromatic carbocycles. The Morgan fingerprint density at radius 3 is 2.81 bits per heavy atom. The number of nitrogens with zero attached hydrogens (tertiary/aromatic N) is 5. The zero-order chi connectivity index (χ0) is 14.8. The first kappa shape index (κ1) is 13.2. The van der Waals surface area contributed by atoms with E-state index in [1.165, 1.54) is 0 Å². The first-order valence-corrected chi connectivity index (χ1v) is 6.55. The molecule has 3 heterocycles. The van der Waals surface area contributed by atoms with Gasteiger partial charge in [0, 0.05) is 18.1 Å². The quantitative estimate of drug-likeness (QED) is 0.783. The largest absolute Gasteiger partial charge is 0.341 e. The predicted octanol–water partition coefficient (Wildman–Crippen LogP) is 1.32. The molecule has 3 aromatic heterocycles. The van der Waals surface area contributed by atoms with E-state index >= 15 is 0 Å². The molecule has 21 heavy (non-hydrogen) atoms. The summed E-state index contributed by atoms with van der Waals surface area (Å²) in [6, 6.07) is 7.14. The fourth-order valence-electron chi connectivity index (χ4n) is 1.97. The first-order chi connectivity index (χ1) is 10.1. The van der Waals surface area contributed by atoms with Gasteiger partial charge in [-0.25, -0.2) is 9.50 Å². The summed E-state index contributed by atoms with van der Waals surface area (Å²) in [5, 5.41) is 6.99. The van der Waals surface area contributed by atoms with Crippen LogP contribution in [-0.4, -0.2) is 30.5 Å². The molecule has 0 fully saturated rings. The van der Waals surface area contributed by atoms with E-state index in [2.05, 4.69) is 25.4 Å². The lowest BCUT2D eigenvalue weighted by Gasteiger charge is -2.11. The second kappa shape index (κ2) is 5.28. The van der Waals surface area contributed by atoms with Gasteiger partial charge in [0.05, 0.1) is 11.7 Å². The Kier molecular flexibility index (Phi) is 3.31. The maximum Gasteiger partial charge on any atom is 0.291 e. The molecule has 7 nitrogen and oxygen atoms in total. The molecule has 1 N–H and O–H groups in total. The van der Waals surface area contributed by atoms with Crippen molar-refractivity contribution in [2.45, 2.75) is 19.9 Å². The Morgan fingerprint density at radius 1 is 1.24 bits per heavy atom. The SMILES string of the molecule is Cc1ccnc2nc(C(=O)NC(C)c3ccccn3)nn12. The Labute approximate surface area is 121 Å². The number of amides is 1. The van der Waals surface area contributed by atoms with Crippen molar-refractivity contribution < 1.29 is 4.79 Å². The van der Waals surface area contributed by atoms with Crippen molar-refractivity contribution in [2.24, 2.45) is 0 Å². The van der Waals surface area contributed by atoms with E-state index in [4.69, 9.17) is 0 Å². The summed E-state index contributed by atoms with van der Waals surface area (Å²) < 4.78 is 1.54. The van der Waals surface area contributed by atoms with E-state index in [1.54, 1.807) is 23.0 Å². The molecule has 0 radical (unpaired) electrons. The van der Waals surface area contributed by atoms with Gasteiger partial charge < -0.3 is 5.32 Å². The van der Waals surface area contributed by atoms with Crippen molar-refractivity contribution in [1.82, 2.24) is 29.9 Å². The average molecular weight is 282 g/mol. The minimum Gasteiger partial charge on any atom is -0.341 e. The molecule has 1 amide bonds. The number of aryl methyl sites for hydroxylation is 1. The third-order valence-corrected chi connectivity index (χ3v) is 3.11. The summed E-state index contributed by atoms with van der Waals surface area (Å²) >= 11 is 0. The number of carbonyl (C=O) groups is 1. The van der Waals surface area contributed by atoms with Gasteiger partial charge in [0.15, 0.2) is 0 Å². The highest BCUT2D eigenvalue weighted by Gasteiger charge is 2.17. The highest BCUT2D eigenvalue weighted by atomic mass is 16.2. The Morgan fingerprint density at radius 2 is 2.10 bits per heavy atom. The monoisotopic (exact) mass is 282 g/mol. The number of hydrogen-bond donors (Lipinski definition) is 1. The van der Waals surface area contributed by atoms with Gasteiger partial charge in [-0.15, -0.1) is 5.10 Å². The maximum atomic E-state index is 12.2. The van der Waals surface area contributed by atoms with Crippen molar-refractivity contribution in [1.29, 1.82) is 0 Å². The van der Waals surface area contributed by atoms with Crippen molar-refractivity contribution in [2.75, 3.05) is 0 Å². The fraction of sp³-hybridized carbons (Fsp3) is 0.214. The Bertz CT molecular complexity index is 783. The molecular weight excluding hydrogens is 268 g/mol. The molecule has 0 saturated heterocycles. The molecule has 0 saturated carbocycles. The molecule has 3 rings (SSSR count). The van der Waals surface area contributed by atoms with Gasteiger partial charge in [-0.2, -0.15) is 4.98 Å². The number of nitrogens with one attached hydrogen (secondary N) is 1. The summed E-state index contributed by atoms with van der Waals surface area (Å²) in [5.74, 6) is 0.156. The molecule has 0 aliphatic heterocycles. The van der Waals surface area contributed by atoms with Crippen molar-refractivity contribution in [3.05, 3.63) is 53.9 Å². The van der Waals surface area contributed by atoms with Crippen LogP contribution in [0.5, 0.6) is 0 Å². The molecule has 0 bridgehead atoms. The lowest BCUT2D eigenvalue weighted by atomic mass is 10.2. The van der Waals surface area contributed by atoms with Gasteiger partial charge in [0.2, 0.25) is 5.82 Å². The molecule has 0 aliphatic rings. The van der Waals surface area contributed by atoms with Crippen LogP contribution in [0.15, 0.2) is 36.7 Å². The molecule has 1 unspecified atom stereocenters. The van der Waals surface area contributed by atoms with E-state index < -0.39 is 0 Å². The van der Waals surface area contributed by atoms with E-state index in [-0.39, 0.29) is 17.8 Å². The normalized spacial score (nSPS) is 12.3. The average Bonchev–Trinajstić information content (AvgIpc) is 2.94. The first-order valence-electron chi connectivity index (χ1n) is 6.55. The van der Waals surface area contributed by atoms with Crippen LogP contribution in [0.4, 0.5) is 0 Å². The van der Waals surface area contributed by atoms with Gasteiger partial charge >= 0.3 is 0 Å². The number of hydrogen-bond acceptors (Lipinski definition) is 5. The number of carbonyl (C=O) groups excluding carboxylic acids is 1. The van der Waals surface area contributed by atoms with Gasteiger partial charge in [-0.05, 0) is 32.0 Å². The molecule has 1 atom stereocenters. The van der Waals surface area contributed by atoms with Crippen LogP contribution >= 0.6 is 0 Å². The second-order valence-electron chi connectivity index (χ2n) is 4.68. The summed E-state index contributed by atoms with van der Waals surface area (Å²) in [5.41, 5.74) is 1.65. The van der Waals surface area contributed by atoms with Crippen LogP contribution in [0, 0.1) is 6.92 Å². The van der Waals surface area contributed by atoms with E-state index in [0.717, 1.165) is 11.4 Å². The van der Waals surface area contributed by atoms with E-state index in [0.29, 0.717) is 5.78 Å². The number of fused-ring (bicyclic) bond motifs is 1. The zero-order valence-electron chi connectivity index (χ0n) is 11.7. The van der Waals surface area contributed by atoms with Crippen LogP contribution in [0.3, 0.4) is 0 Å². The molecular formula is C14H14N6O. The standard InChI is InChI=1S/C14H14N6O/c1-9-6-8-16-14-18-12(19-20(9)14)13(21)17-10(2)11-5-3-4-7-15-11/h3-8,10H,1-2H3,(H,17,21). The van der Waals surface area contributed by atoms with Gasteiger partial charge in [-0.3, -0.25) is 9.78 Å². The van der Waals surface area contributed by atoms with Crippen LogP contribution in [0.1, 0.15) is 35.0 Å². The third-order valence-electron chi connectivity index (χ3n) is 3.11. The van der Waals surface area contributed by atoms with Gasteiger partial charge in [-0.1, -0.05) is 6.07 Å². The minimum absolute atomic E-state index is 0.0968. The zero-order valence-corrected chi connectivity index (χ0v) is 11.7. The van der Waals surface area contributed by atoms with Crippen molar-refractivity contribution in [3.63, 3.8) is 0 Å². The molecule has 7 heteroatoms.